The summed E-state index contributed by atoms with van der Waals surface area (Å²) in [7, 11) is 0. The van der Waals surface area contributed by atoms with Crippen LogP contribution in [-0.2, 0) is 0 Å². The maximum absolute atomic E-state index is 12.7. The number of hydrogen-bond donors (Lipinski definition) is 1. The second kappa shape index (κ2) is 6.46. The number of hydrogen-bond acceptors (Lipinski definition) is 5. The van der Waals surface area contributed by atoms with Crippen LogP contribution in [0.4, 0.5) is 5.13 Å². The molecule has 0 spiro atoms. The number of rotatable bonds is 4. The van der Waals surface area contributed by atoms with Crippen LogP contribution >= 0.6 is 11.3 Å². The first-order valence-corrected chi connectivity index (χ1v) is 9.21. The van der Waals surface area contributed by atoms with E-state index in [9.17, 15) is 4.79 Å². The van der Waals surface area contributed by atoms with Crippen molar-refractivity contribution in [1.82, 2.24) is 4.98 Å². The molecule has 4 aromatic rings. The lowest BCUT2D eigenvalue weighted by Gasteiger charge is -2.00. The van der Waals surface area contributed by atoms with Crippen molar-refractivity contribution in [3.05, 3.63) is 53.3 Å². The molecule has 6 heteroatoms. The highest BCUT2D eigenvalue weighted by Crippen LogP contribution is 2.31. The number of nitrogens with zero attached hydrogens (tertiary/aromatic N) is 1. The van der Waals surface area contributed by atoms with Crippen molar-refractivity contribution in [2.24, 2.45) is 0 Å². The summed E-state index contributed by atoms with van der Waals surface area (Å²) in [5.74, 6) is 0.824. The van der Waals surface area contributed by atoms with Crippen molar-refractivity contribution in [3.63, 3.8) is 0 Å². The molecule has 0 atom stereocenters. The largest absolute Gasteiger partial charge is 0.494 e. The average molecular weight is 366 g/mol. The Kier molecular flexibility index (Phi) is 4.12. The average Bonchev–Trinajstić information content (AvgIpc) is 3.15. The van der Waals surface area contributed by atoms with Gasteiger partial charge in [-0.1, -0.05) is 23.0 Å². The molecule has 5 nitrogen and oxygen atoms in total. The molecule has 0 fully saturated rings. The van der Waals surface area contributed by atoms with Crippen LogP contribution in [0.3, 0.4) is 0 Å². The van der Waals surface area contributed by atoms with E-state index in [0.717, 1.165) is 32.5 Å². The Labute approximate surface area is 154 Å². The van der Waals surface area contributed by atoms with Gasteiger partial charge in [-0.3, -0.25) is 10.1 Å². The third-order valence-corrected chi connectivity index (χ3v) is 5.12. The van der Waals surface area contributed by atoms with Crippen LogP contribution in [0.25, 0.3) is 21.2 Å². The second-order valence-corrected chi connectivity index (χ2v) is 7.12. The molecule has 4 rings (SSSR count). The third-order valence-electron chi connectivity index (χ3n) is 4.19. The highest BCUT2D eigenvalue weighted by Gasteiger charge is 2.19. The third kappa shape index (κ3) is 2.93. The number of nitrogens with one attached hydrogen (secondary N) is 1. The van der Waals surface area contributed by atoms with Gasteiger partial charge in [-0.2, -0.15) is 0 Å². The van der Waals surface area contributed by atoms with Crippen LogP contribution in [0.1, 0.15) is 28.6 Å². The minimum Gasteiger partial charge on any atom is -0.494 e. The molecule has 1 amide bonds. The van der Waals surface area contributed by atoms with Crippen molar-refractivity contribution >= 4 is 43.6 Å². The number of carbonyl (C=O) groups is 1. The zero-order chi connectivity index (χ0) is 18.3. The molecule has 0 aliphatic rings. The zero-order valence-corrected chi connectivity index (χ0v) is 15.6. The molecule has 0 radical (unpaired) electrons. The van der Waals surface area contributed by atoms with E-state index in [2.05, 4.69) is 10.3 Å². The fourth-order valence-corrected chi connectivity index (χ4v) is 3.81. The van der Waals surface area contributed by atoms with Gasteiger partial charge >= 0.3 is 0 Å². The van der Waals surface area contributed by atoms with Crippen molar-refractivity contribution in [1.29, 1.82) is 0 Å². The van der Waals surface area contributed by atoms with E-state index in [1.165, 1.54) is 11.3 Å². The number of aryl methyl sites for hydroxylation is 2. The summed E-state index contributed by atoms with van der Waals surface area (Å²) < 4.78 is 12.2. The number of aromatic nitrogens is 1. The Balaban J connectivity index is 1.63. The van der Waals surface area contributed by atoms with Gasteiger partial charge in [0.2, 0.25) is 0 Å². The summed E-state index contributed by atoms with van der Waals surface area (Å²) in [5, 5.41) is 4.35. The molecular weight excluding hydrogens is 348 g/mol. The summed E-state index contributed by atoms with van der Waals surface area (Å²) in [6.07, 6.45) is 0. The van der Waals surface area contributed by atoms with Crippen LogP contribution < -0.4 is 10.1 Å². The van der Waals surface area contributed by atoms with Gasteiger partial charge in [0.1, 0.15) is 11.3 Å². The molecule has 2 heterocycles. The molecule has 0 bridgehead atoms. The van der Waals surface area contributed by atoms with Crippen LogP contribution in [-0.4, -0.2) is 17.5 Å². The lowest BCUT2D eigenvalue weighted by molar-refractivity contribution is 0.0998. The summed E-state index contributed by atoms with van der Waals surface area (Å²) in [5.41, 5.74) is 3.50. The van der Waals surface area contributed by atoms with Crippen LogP contribution in [0.2, 0.25) is 0 Å². The van der Waals surface area contributed by atoms with Gasteiger partial charge in [-0.15, -0.1) is 0 Å². The molecule has 0 aliphatic heterocycles. The molecule has 0 saturated carbocycles. The Morgan fingerprint density at radius 3 is 2.88 bits per heavy atom. The number of anilines is 1. The number of ether oxygens (including phenoxy) is 1. The van der Waals surface area contributed by atoms with Gasteiger partial charge in [0.05, 0.1) is 16.8 Å². The van der Waals surface area contributed by atoms with Gasteiger partial charge in [0.15, 0.2) is 10.9 Å². The van der Waals surface area contributed by atoms with Crippen LogP contribution in [0.15, 0.2) is 40.8 Å². The Morgan fingerprint density at radius 1 is 1.23 bits per heavy atom. The van der Waals surface area contributed by atoms with E-state index in [0.29, 0.717) is 23.1 Å². The Bertz CT molecular complexity index is 1130. The van der Waals surface area contributed by atoms with Gasteiger partial charge in [-0.25, -0.2) is 4.98 Å². The summed E-state index contributed by atoms with van der Waals surface area (Å²) in [6.45, 7) is 6.47. The monoisotopic (exact) mass is 366 g/mol. The van der Waals surface area contributed by atoms with E-state index in [1.54, 1.807) is 0 Å². The first-order chi connectivity index (χ1) is 12.5. The van der Waals surface area contributed by atoms with E-state index < -0.39 is 0 Å². The molecule has 2 aromatic carbocycles. The molecule has 0 aliphatic carbocycles. The number of furan rings is 1. The van der Waals surface area contributed by atoms with Crippen molar-refractivity contribution in [3.8, 4) is 5.75 Å². The van der Waals surface area contributed by atoms with E-state index in [-0.39, 0.29) is 5.91 Å². The molecule has 26 heavy (non-hydrogen) atoms. The number of benzene rings is 2. The molecule has 0 saturated heterocycles. The molecular formula is C20H18N2O3S. The fourth-order valence-electron chi connectivity index (χ4n) is 2.92. The lowest BCUT2D eigenvalue weighted by atomic mass is 10.1. The fraction of sp³-hybridized carbons (Fsp3) is 0.200. The SMILES string of the molecule is CCOc1ccc2nc(NC(=O)c3oc4ccc(C)cc4c3C)sc2c1. The lowest BCUT2D eigenvalue weighted by Crippen LogP contribution is -2.11. The number of carbonyl (C=O) groups excluding carboxylic acids is 1. The van der Waals surface area contributed by atoms with Crippen LogP contribution in [0.5, 0.6) is 5.75 Å². The van der Waals surface area contributed by atoms with Crippen molar-refractivity contribution in [2.45, 2.75) is 20.8 Å². The first kappa shape index (κ1) is 16.6. The number of thiazole rings is 1. The molecule has 1 N–H and O–H groups in total. The quantitative estimate of drug-likeness (QED) is 0.531. The van der Waals surface area contributed by atoms with E-state index in [4.69, 9.17) is 9.15 Å². The molecule has 132 valence electrons. The first-order valence-electron chi connectivity index (χ1n) is 8.39. The van der Waals surface area contributed by atoms with Crippen molar-refractivity contribution < 1.29 is 13.9 Å². The highest BCUT2D eigenvalue weighted by atomic mass is 32.1. The predicted molar refractivity (Wildman–Crippen MR) is 104 cm³/mol. The predicted octanol–water partition coefficient (Wildman–Crippen LogP) is 5.31. The smallest absolute Gasteiger partial charge is 0.293 e. The minimum atomic E-state index is -0.291. The number of amides is 1. The van der Waals surface area contributed by atoms with E-state index >= 15 is 0 Å². The van der Waals surface area contributed by atoms with Gasteiger partial charge in [-0.05, 0) is 51.1 Å². The van der Waals surface area contributed by atoms with Gasteiger partial charge < -0.3 is 9.15 Å². The maximum Gasteiger partial charge on any atom is 0.293 e. The molecule has 0 unspecified atom stereocenters. The topological polar surface area (TPSA) is 64.4 Å². The van der Waals surface area contributed by atoms with Crippen LogP contribution in [0, 0.1) is 13.8 Å². The summed E-state index contributed by atoms with van der Waals surface area (Å²) in [4.78, 5) is 17.1. The maximum atomic E-state index is 12.7. The van der Waals surface area contributed by atoms with E-state index in [1.807, 2.05) is 57.2 Å². The highest BCUT2D eigenvalue weighted by molar-refractivity contribution is 7.22. The molecule has 2 aromatic heterocycles. The second-order valence-electron chi connectivity index (χ2n) is 6.09. The van der Waals surface area contributed by atoms with Gasteiger partial charge in [0, 0.05) is 10.9 Å². The standard InChI is InChI=1S/C20H18N2O3S/c1-4-24-13-6-7-15-17(10-13)26-20(21-15)22-19(23)18-12(3)14-9-11(2)5-8-16(14)25-18/h5-10H,4H2,1-3H3,(H,21,22,23). The summed E-state index contributed by atoms with van der Waals surface area (Å²) in [6, 6.07) is 11.6. The number of fused-ring (bicyclic) bond motifs is 2. The van der Waals surface area contributed by atoms with Crippen molar-refractivity contribution in [2.75, 3.05) is 11.9 Å². The summed E-state index contributed by atoms with van der Waals surface area (Å²) >= 11 is 1.41. The zero-order valence-electron chi connectivity index (χ0n) is 14.8. The normalized spacial score (nSPS) is 11.2. The minimum absolute atomic E-state index is 0.291. The Morgan fingerprint density at radius 2 is 2.08 bits per heavy atom. The van der Waals surface area contributed by atoms with Gasteiger partial charge in [0.25, 0.3) is 5.91 Å². The Hall–Kier alpha value is -2.86.